The number of halogens is 2. The first-order valence-corrected chi connectivity index (χ1v) is 7.17. The van der Waals surface area contributed by atoms with Crippen LogP contribution in [0, 0.1) is 0 Å². The molecule has 0 saturated carbocycles. The van der Waals surface area contributed by atoms with Gasteiger partial charge in [-0.3, -0.25) is 0 Å². The van der Waals surface area contributed by atoms with Crippen LogP contribution in [0.2, 0.25) is 10.0 Å². The molecule has 0 bridgehead atoms. The van der Waals surface area contributed by atoms with Gasteiger partial charge in [0.05, 0.1) is 9.72 Å². The quantitative estimate of drug-likeness (QED) is 0.833. The van der Waals surface area contributed by atoms with E-state index < -0.39 is 0 Å². The van der Waals surface area contributed by atoms with E-state index >= 15 is 0 Å². The van der Waals surface area contributed by atoms with Gasteiger partial charge in [-0.1, -0.05) is 37.0 Å². The number of fused-ring (bicyclic) bond motifs is 1. The Hall–Kier alpha value is -0.280. The van der Waals surface area contributed by atoms with E-state index in [1.807, 2.05) is 19.2 Å². The van der Waals surface area contributed by atoms with E-state index in [0.29, 0.717) is 5.92 Å². The molecule has 4 heteroatoms. The fraction of sp³-hybridized carbons (Fsp3) is 0.385. The van der Waals surface area contributed by atoms with Crippen molar-refractivity contribution < 1.29 is 0 Å². The molecule has 0 fully saturated rings. The summed E-state index contributed by atoms with van der Waals surface area (Å²) in [6, 6.07) is 3.75. The summed E-state index contributed by atoms with van der Waals surface area (Å²) in [5, 5.41) is 5.92. The van der Waals surface area contributed by atoms with Crippen molar-refractivity contribution in [2.45, 2.75) is 26.3 Å². The van der Waals surface area contributed by atoms with Crippen LogP contribution in [0.5, 0.6) is 0 Å². The number of hydrogen-bond acceptors (Lipinski definition) is 2. The third-order valence-corrected chi connectivity index (χ3v) is 4.75. The van der Waals surface area contributed by atoms with E-state index in [1.165, 1.54) is 10.4 Å². The molecule has 0 atom stereocenters. The van der Waals surface area contributed by atoms with Crippen molar-refractivity contribution in [1.82, 2.24) is 5.32 Å². The second-order valence-corrected chi connectivity index (χ2v) is 6.28. The van der Waals surface area contributed by atoms with Crippen molar-refractivity contribution in [3.63, 3.8) is 0 Å². The zero-order chi connectivity index (χ0) is 12.6. The monoisotopic (exact) mass is 287 g/mol. The zero-order valence-electron chi connectivity index (χ0n) is 10.1. The smallest absolute Gasteiger partial charge is 0.0585 e. The second-order valence-electron chi connectivity index (χ2n) is 4.36. The summed E-state index contributed by atoms with van der Waals surface area (Å²) in [6.07, 6.45) is 0. The Labute approximate surface area is 116 Å². The van der Waals surface area contributed by atoms with Gasteiger partial charge in [-0.2, -0.15) is 0 Å². The molecule has 0 saturated heterocycles. The molecule has 17 heavy (non-hydrogen) atoms. The normalized spacial score (nSPS) is 11.6. The zero-order valence-corrected chi connectivity index (χ0v) is 12.4. The molecular formula is C13H15Cl2NS. The maximum absolute atomic E-state index is 6.32. The van der Waals surface area contributed by atoms with Crippen LogP contribution < -0.4 is 5.32 Å². The molecule has 0 aliphatic rings. The van der Waals surface area contributed by atoms with Crippen LogP contribution in [-0.2, 0) is 6.54 Å². The van der Waals surface area contributed by atoms with Crippen LogP contribution in [0.25, 0.3) is 10.1 Å². The third kappa shape index (κ3) is 2.32. The van der Waals surface area contributed by atoms with Crippen molar-refractivity contribution in [3.8, 4) is 0 Å². The topological polar surface area (TPSA) is 12.0 Å². The molecule has 92 valence electrons. The van der Waals surface area contributed by atoms with Gasteiger partial charge >= 0.3 is 0 Å². The van der Waals surface area contributed by atoms with Crippen LogP contribution in [0.15, 0.2) is 12.1 Å². The second kappa shape index (κ2) is 5.15. The summed E-state index contributed by atoms with van der Waals surface area (Å²) in [7, 11) is 1.96. The molecule has 0 radical (unpaired) electrons. The largest absolute Gasteiger partial charge is 0.315 e. The third-order valence-electron chi connectivity index (χ3n) is 2.77. The van der Waals surface area contributed by atoms with E-state index in [-0.39, 0.29) is 0 Å². The Balaban J connectivity index is 2.80. The minimum atomic E-state index is 0.447. The van der Waals surface area contributed by atoms with Crippen molar-refractivity contribution >= 4 is 44.6 Å². The number of rotatable bonds is 3. The van der Waals surface area contributed by atoms with E-state index in [9.17, 15) is 0 Å². The van der Waals surface area contributed by atoms with E-state index in [4.69, 9.17) is 23.2 Å². The predicted octanol–water partition coefficient (Wildman–Crippen LogP) is 5.05. The molecule has 1 heterocycles. The van der Waals surface area contributed by atoms with Crippen molar-refractivity contribution in [1.29, 1.82) is 0 Å². The Kier molecular flexibility index (Phi) is 3.99. The molecule has 1 N–H and O–H groups in total. The summed E-state index contributed by atoms with van der Waals surface area (Å²) >= 11 is 14.3. The number of hydrogen-bond donors (Lipinski definition) is 1. The fourth-order valence-electron chi connectivity index (χ4n) is 2.10. The van der Waals surface area contributed by atoms with E-state index in [1.54, 1.807) is 11.3 Å². The summed E-state index contributed by atoms with van der Waals surface area (Å²) in [6.45, 7) is 5.25. The van der Waals surface area contributed by atoms with Gasteiger partial charge in [-0.05, 0) is 30.7 Å². The summed E-state index contributed by atoms with van der Waals surface area (Å²) in [4.78, 5) is 1.33. The van der Waals surface area contributed by atoms with Gasteiger partial charge in [0, 0.05) is 21.8 Å². The van der Waals surface area contributed by atoms with Gasteiger partial charge in [0.2, 0.25) is 0 Å². The molecule has 0 unspecified atom stereocenters. The molecule has 0 aliphatic carbocycles. The van der Waals surface area contributed by atoms with E-state index in [2.05, 4.69) is 19.2 Å². The minimum Gasteiger partial charge on any atom is -0.315 e. The summed E-state index contributed by atoms with van der Waals surface area (Å²) in [5.74, 6) is 0.447. The lowest BCUT2D eigenvalue weighted by atomic mass is 9.99. The van der Waals surface area contributed by atoms with Gasteiger partial charge in [-0.15, -0.1) is 11.3 Å². The van der Waals surface area contributed by atoms with E-state index in [0.717, 1.165) is 26.7 Å². The van der Waals surface area contributed by atoms with Crippen LogP contribution in [-0.4, -0.2) is 7.05 Å². The fourth-order valence-corrected chi connectivity index (χ4v) is 4.09. The highest BCUT2D eigenvalue weighted by Gasteiger charge is 2.18. The standard InChI is InChI=1S/C13H15Cl2NS/c1-7(2)11-10(6-16-3)17-13-9(15)5-4-8(14)12(11)13/h4-5,7,16H,6H2,1-3H3. The van der Waals surface area contributed by atoms with Crippen molar-refractivity contribution in [3.05, 3.63) is 32.6 Å². The predicted molar refractivity (Wildman–Crippen MR) is 78.7 cm³/mol. The van der Waals surface area contributed by atoms with Gasteiger partial charge in [0.25, 0.3) is 0 Å². The van der Waals surface area contributed by atoms with Crippen LogP contribution >= 0.6 is 34.5 Å². The highest BCUT2D eigenvalue weighted by atomic mass is 35.5. The highest BCUT2D eigenvalue weighted by molar-refractivity contribution is 7.20. The molecule has 1 nitrogen and oxygen atoms in total. The van der Waals surface area contributed by atoms with Gasteiger partial charge < -0.3 is 5.32 Å². The summed E-state index contributed by atoms with van der Waals surface area (Å²) in [5.41, 5.74) is 1.33. The average Bonchev–Trinajstić information content (AvgIpc) is 2.64. The first kappa shape index (κ1) is 13.2. The van der Waals surface area contributed by atoms with Crippen LogP contribution in [0.4, 0.5) is 0 Å². The molecule has 0 aliphatic heterocycles. The molecule has 0 spiro atoms. The molecule has 1 aromatic heterocycles. The maximum Gasteiger partial charge on any atom is 0.0585 e. The van der Waals surface area contributed by atoms with Crippen molar-refractivity contribution in [2.75, 3.05) is 7.05 Å². The Morgan fingerprint density at radius 2 is 1.88 bits per heavy atom. The first-order valence-electron chi connectivity index (χ1n) is 5.60. The lowest BCUT2D eigenvalue weighted by Crippen LogP contribution is -2.05. The van der Waals surface area contributed by atoms with Crippen LogP contribution in [0.1, 0.15) is 30.2 Å². The SMILES string of the molecule is CNCc1sc2c(Cl)ccc(Cl)c2c1C(C)C. The Bertz CT molecular complexity index is 546. The minimum absolute atomic E-state index is 0.447. The van der Waals surface area contributed by atoms with Gasteiger partial charge in [0.1, 0.15) is 0 Å². The first-order chi connectivity index (χ1) is 8.06. The molecule has 1 aromatic carbocycles. The van der Waals surface area contributed by atoms with Gasteiger partial charge in [0.15, 0.2) is 0 Å². The Morgan fingerprint density at radius 3 is 2.47 bits per heavy atom. The maximum atomic E-state index is 6.32. The molecule has 2 aromatic rings. The highest BCUT2D eigenvalue weighted by Crippen LogP contribution is 2.43. The average molecular weight is 288 g/mol. The van der Waals surface area contributed by atoms with Crippen molar-refractivity contribution in [2.24, 2.45) is 0 Å². The molecule has 0 amide bonds. The Morgan fingerprint density at radius 1 is 1.24 bits per heavy atom. The lowest BCUT2D eigenvalue weighted by Gasteiger charge is -2.08. The molecular weight excluding hydrogens is 273 g/mol. The summed E-state index contributed by atoms with van der Waals surface area (Å²) < 4.78 is 1.10. The van der Waals surface area contributed by atoms with Crippen LogP contribution in [0.3, 0.4) is 0 Å². The lowest BCUT2D eigenvalue weighted by molar-refractivity contribution is 0.795. The number of nitrogens with one attached hydrogen (secondary N) is 1. The van der Waals surface area contributed by atoms with Gasteiger partial charge in [-0.25, -0.2) is 0 Å². The molecule has 2 rings (SSSR count). The number of thiophene rings is 1. The number of benzene rings is 1.